The van der Waals surface area contributed by atoms with Gasteiger partial charge >= 0.3 is 0 Å². The van der Waals surface area contributed by atoms with E-state index >= 15 is 0 Å². The van der Waals surface area contributed by atoms with Gasteiger partial charge in [-0.15, -0.1) is 0 Å². The summed E-state index contributed by atoms with van der Waals surface area (Å²) < 4.78 is 7.46. The molecule has 0 saturated heterocycles. The third kappa shape index (κ3) is 5.20. The first kappa shape index (κ1) is 16.6. The fraction of sp³-hybridized carbons (Fsp3) is 0.438. The first-order chi connectivity index (χ1) is 10.5. The van der Waals surface area contributed by atoms with Crippen LogP contribution in [-0.2, 0) is 17.9 Å². The molecule has 2 aromatic rings. The molecule has 0 fully saturated rings. The van der Waals surface area contributed by atoms with Gasteiger partial charge in [-0.2, -0.15) is 0 Å². The Bertz CT molecular complexity index is 606. The van der Waals surface area contributed by atoms with E-state index in [2.05, 4.69) is 29.6 Å². The quantitative estimate of drug-likeness (QED) is 0.427. The van der Waals surface area contributed by atoms with Crippen molar-refractivity contribution in [2.75, 3.05) is 6.61 Å². The third-order valence-corrected chi connectivity index (χ3v) is 5.03. The number of carbonyl (C=O) groups is 1. The number of carbonyl (C=O) groups excluding carboxylic acids is 1. The number of aldehydes is 1. The zero-order chi connectivity index (χ0) is 16.0. The van der Waals surface area contributed by atoms with Crippen molar-refractivity contribution in [1.29, 1.82) is 0 Å². The van der Waals surface area contributed by atoms with E-state index in [1.807, 2.05) is 18.3 Å². The summed E-state index contributed by atoms with van der Waals surface area (Å²) in [4.78, 5) is 19.5. The normalized spacial score (nSPS) is 11.6. The average molecular weight is 317 g/mol. The lowest BCUT2D eigenvalue weighted by Crippen LogP contribution is -2.22. The molecule has 0 bridgehead atoms. The summed E-state index contributed by atoms with van der Waals surface area (Å²) in [5.74, 6) is 0.414. The van der Waals surface area contributed by atoms with Gasteiger partial charge in [0, 0.05) is 39.7 Å². The molecule has 2 heterocycles. The van der Waals surface area contributed by atoms with Crippen molar-refractivity contribution in [1.82, 2.24) is 14.5 Å². The van der Waals surface area contributed by atoms with Crippen molar-refractivity contribution in [3.05, 3.63) is 47.8 Å². The highest BCUT2D eigenvalue weighted by Gasteiger charge is 2.13. The van der Waals surface area contributed by atoms with Gasteiger partial charge in [-0.1, -0.05) is 19.6 Å². The van der Waals surface area contributed by atoms with Gasteiger partial charge < -0.3 is 9.30 Å². The van der Waals surface area contributed by atoms with E-state index in [9.17, 15) is 4.79 Å². The monoisotopic (exact) mass is 317 g/mol. The Morgan fingerprint density at radius 1 is 1.27 bits per heavy atom. The zero-order valence-electron chi connectivity index (χ0n) is 13.5. The summed E-state index contributed by atoms with van der Waals surface area (Å²) in [6.45, 7) is 8.06. The van der Waals surface area contributed by atoms with E-state index in [-0.39, 0.29) is 0 Å². The van der Waals surface area contributed by atoms with Crippen LogP contribution in [0.25, 0.3) is 0 Å². The summed E-state index contributed by atoms with van der Waals surface area (Å²) in [5, 5.41) is 0. The number of pyridine rings is 1. The van der Waals surface area contributed by atoms with Gasteiger partial charge in [-0.3, -0.25) is 9.78 Å². The Kier molecular flexibility index (Phi) is 5.62. The highest BCUT2D eigenvalue weighted by Crippen LogP contribution is 2.11. The maximum atomic E-state index is 11.1. The van der Waals surface area contributed by atoms with Gasteiger partial charge in [0.15, 0.2) is 12.1 Å². The van der Waals surface area contributed by atoms with Crippen LogP contribution in [0.1, 0.15) is 21.9 Å². The van der Waals surface area contributed by atoms with E-state index in [0.29, 0.717) is 19.0 Å². The van der Waals surface area contributed by atoms with Crippen molar-refractivity contribution >= 4 is 14.4 Å². The molecule has 0 atom stereocenters. The van der Waals surface area contributed by atoms with Crippen LogP contribution >= 0.6 is 0 Å². The Labute approximate surface area is 132 Å². The second kappa shape index (κ2) is 7.46. The number of ether oxygens (including phenoxy) is 1. The van der Waals surface area contributed by atoms with Crippen LogP contribution in [0, 0.1) is 0 Å². The van der Waals surface area contributed by atoms with E-state index in [1.165, 1.54) is 0 Å². The lowest BCUT2D eigenvalue weighted by atomic mass is 10.2. The molecule has 0 saturated carbocycles. The summed E-state index contributed by atoms with van der Waals surface area (Å²) in [6.07, 6.45) is 6.86. The molecule has 5 nitrogen and oxygen atoms in total. The molecule has 2 aromatic heterocycles. The Morgan fingerprint density at radius 3 is 2.64 bits per heavy atom. The second-order valence-corrected chi connectivity index (χ2v) is 12.2. The molecule has 0 N–H and O–H groups in total. The van der Waals surface area contributed by atoms with Gasteiger partial charge in [0.2, 0.25) is 0 Å². The van der Waals surface area contributed by atoms with Crippen LogP contribution in [0.15, 0.2) is 30.7 Å². The molecule has 0 radical (unpaired) electrons. The summed E-state index contributed by atoms with van der Waals surface area (Å²) in [5.41, 5.74) is 1.99. The number of hydrogen-bond donors (Lipinski definition) is 0. The van der Waals surface area contributed by atoms with E-state index in [1.54, 1.807) is 17.0 Å². The van der Waals surface area contributed by atoms with Crippen LogP contribution in [-0.4, -0.2) is 35.5 Å². The van der Waals surface area contributed by atoms with Crippen molar-refractivity contribution < 1.29 is 9.53 Å². The molecule has 0 aliphatic rings. The highest BCUT2D eigenvalue weighted by molar-refractivity contribution is 6.76. The predicted molar refractivity (Wildman–Crippen MR) is 88.8 cm³/mol. The van der Waals surface area contributed by atoms with Gasteiger partial charge in [0.25, 0.3) is 0 Å². The topological polar surface area (TPSA) is 57.0 Å². The maximum Gasteiger partial charge on any atom is 0.185 e. The summed E-state index contributed by atoms with van der Waals surface area (Å²) in [6, 6.07) is 5.01. The molecular weight excluding hydrogens is 294 g/mol. The summed E-state index contributed by atoms with van der Waals surface area (Å²) >= 11 is 0. The Morgan fingerprint density at radius 2 is 2.00 bits per heavy atom. The minimum absolute atomic E-state index is 0.377. The molecule has 0 aliphatic heterocycles. The lowest BCUT2D eigenvalue weighted by molar-refractivity contribution is 0.0831. The molecule has 22 heavy (non-hydrogen) atoms. The van der Waals surface area contributed by atoms with Gasteiger partial charge in [0.1, 0.15) is 6.73 Å². The first-order valence-electron chi connectivity index (χ1n) is 7.46. The van der Waals surface area contributed by atoms with E-state index in [4.69, 9.17) is 4.74 Å². The molecular formula is C16H23N3O2Si. The van der Waals surface area contributed by atoms with Crippen molar-refractivity contribution in [3.8, 4) is 0 Å². The van der Waals surface area contributed by atoms with Crippen LogP contribution in [0.4, 0.5) is 0 Å². The number of imidazole rings is 1. The predicted octanol–water partition coefficient (Wildman–Crippen LogP) is 2.99. The molecule has 0 aromatic carbocycles. The van der Waals surface area contributed by atoms with Gasteiger partial charge in [0.05, 0.1) is 5.69 Å². The Hall–Kier alpha value is -1.79. The summed E-state index contributed by atoms with van der Waals surface area (Å²) in [7, 11) is -1.09. The van der Waals surface area contributed by atoms with Crippen LogP contribution < -0.4 is 0 Å². The van der Waals surface area contributed by atoms with Crippen molar-refractivity contribution in [3.63, 3.8) is 0 Å². The van der Waals surface area contributed by atoms with E-state index in [0.717, 1.165) is 30.2 Å². The standard InChI is InChI=1S/C16H23N3O2Si/c1-22(2,3)9-8-21-13-19-11-15(18-16(19)12-20)10-14-4-6-17-7-5-14/h4-7,11-12H,8-10,13H2,1-3H3. The fourth-order valence-electron chi connectivity index (χ4n) is 2.02. The molecule has 0 spiro atoms. The number of aromatic nitrogens is 3. The van der Waals surface area contributed by atoms with Gasteiger partial charge in [-0.05, 0) is 23.7 Å². The largest absolute Gasteiger partial charge is 0.361 e. The molecule has 0 aliphatic carbocycles. The Balaban J connectivity index is 1.95. The molecule has 0 amide bonds. The number of rotatable bonds is 8. The third-order valence-electron chi connectivity index (χ3n) is 3.32. The van der Waals surface area contributed by atoms with Crippen LogP contribution in [0.2, 0.25) is 25.7 Å². The first-order valence-corrected chi connectivity index (χ1v) is 11.2. The SMILES string of the molecule is C[Si](C)(C)CCOCn1cc(Cc2ccncc2)nc1C=O. The zero-order valence-corrected chi connectivity index (χ0v) is 14.5. The minimum atomic E-state index is -1.09. The minimum Gasteiger partial charge on any atom is -0.361 e. The van der Waals surface area contributed by atoms with Gasteiger partial charge in [-0.25, -0.2) is 4.98 Å². The van der Waals surface area contributed by atoms with Crippen LogP contribution in [0.5, 0.6) is 0 Å². The molecule has 0 unspecified atom stereocenters. The number of nitrogens with zero attached hydrogens (tertiary/aromatic N) is 3. The molecule has 6 heteroatoms. The van der Waals surface area contributed by atoms with Crippen LogP contribution in [0.3, 0.4) is 0 Å². The highest BCUT2D eigenvalue weighted by atomic mass is 28.3. The number of hydrogen-bond acceptors (Lipinski definition) is 4. The fourth-order valence-corrected chi connectivity index (χ4v) is 2.78. The lowest BCUT2D eigenvalue weighted by Gasteiger charge is -2.15. The van der Waals surface area contributed by atoms with Crippen molar-refractivity contribution in [2.45, 2.75) is 38.8 Å². The molecule has 118 valence electrons. The molecule has 2 rings (SSSR count). The maximum absolute atomic E-state index is 11.1. The smallest absolute Gasteiger partial charge is 0.185 e. The average Bonchev–Trinajstić information content (AvgIpc) is 2.86. The van der Waals surface area contributed by atoms with E-state index < -0.39 is 8.07 Å². The second-order valence-electron chi connectivity index (χ2n) is 6.56. The van der Waals surface area contributed by atoms with Crippen molar-refractivity contribution in [2.24, 2.45) is 0 Å².